The fourth-order valence-electron chi connectivity index (χ4n) is 3.01. The molecule has 1 aromatic carbocycles. The van der Waals surface area contributed by atoms with Gasteiger partial charge in [-0.05, 0) is 56.1 Å². The first-order valence-electron chi connectivity index (χ1n) is 10.6. The number of hydrogen-bond donors (Lipinski definition) is 4. The minimum absolute atomic E-state index is 0.0193. The van der Waals surface area contributed by atoms with Crippen LogP contribution < -0.4 is 16.1 Å². The van der Waals surface area contributed by atoms with E-state index in [1.807, 2.05) is 5.48 Å². The number of rotatable bonds is 10. The normalized spacial score (nSPS) is 11.4. The van der Waals surface area contributed by atoms with Crippen molar-refractivity contribution >= 4 is 33.5 Å². The van der Waals surface area contributed by atoms with Crippen LogP contribution in [0.5, 0.6) is 0 Å². The van der Waals surface area contributed by atoms with Crippen LogP contribution in [0.15, 0.2) is 62.9 Å². The number of carbonyl (C=O) groups excluding carboxylic acids is 1. The zero-order valence-corrected chi connectivity index (χ0v) is 20.2. The number of anilines is 1. The summed E-state index contributed by atoms with van der Waals surface area (Å²) in [6.07, 6.45) is 3.25. The lowest BCUT2D eigenvalue weighted by molar-refractivity contribution is 0.0945. The fraction of sp³-hybridized carbons (Fsp3) is 0.190. The number of carbonyl (C=O) groups is 1. The van der Waals surface area contributed by atoms with E-state index in [9.17, 15) is 14.4 Å². The molecule has 0 bridgehead atoms. The quantitative estimate of drug-likeness (QED) is 0.128. The summed E-state index contributed by atoms with van der Waals surface area (Å²) in [5.41, 5.74) is 3.75. The predicted molar refractivity (Wildman–Crippen MR) is 127 cm³/mol. The minimum atomic E-state index is -0.385. The second-order valence-corrected chi connectivity index (χ2v) is 8.14. The Kier molecular flexibility index (Phi) is 8.25. The molecule has 0 atom stereocenters. The molecule has 4 aromatic rings. The first-order valence-corrected chi connectivity index (χ1v) is 11.4. The highest BCUT2D eigenvalue weighted by atomic mass is 79.9. The molecule has 0 unspecified atom stereocenters. The summed E-state index contributed by atoms with van der Waals surface area (Å²) in [4.78, 5) is 20.3. The molecule has 0 spiro atoms. The maximum Gasteiger partial charge on any atom is 0.270 e. The number of aromatic nitrogens is 6. The zero-order chi connectivity index (χ0) is 25.3. The van der Waals surface area contributed by atoms with E-state index in [4.69, 9.17) is 4.63 Å². The van der Waals surface area contributed by atoms with Gasteiger partial charge in [0, 0.05) is 12.7 Å². The summed E-state index contributed by atoms with van der Waals surface area (Å²) in [7, 11) is 0. The highest BCUT2D eigenvalue weighted by Crippen LogP contribution is 2.18. The Morgan fingerprint density at radius 1 is 1.25 bits per heavy atom. The van der Waals surface area contributed by atoms with E-state index in [0.29, 0.717) is 34.5 Å². The molecule has 3 aromatic heterocycles. The van der Waals surface area contributed by atoms with Gasteiger partial charge in [0.2, 0.25) is 5.82 Å². The maximum atomic E-state index is 13.4. The molecule has 0 fully saturated rings. The highest BCUT2D eigenvalue weighted by Gasteiger charge is 2.16. The van der Waals surface area contributed by atoms with Crippen molar-refractivity contribution in [2.24, 2.45) is 4.99 Å². The molecule has 15 heteroatoms. The van der Waals surface area contributed by atoms with Crippen molar-refractivity contribution < 1.29 is 19.0 Å². The number of hydrogen-bond acceptors (Lipinski definition) is 10. The van der Waals surface area contributed by atoms with Gasteiger partial charge in [-0.25, -0.2) is 9.02 Å². The van der Waals surface area contributed by atoms with Crippen LogP contribution in [-0.4, -0.2) is 53.8 Å². The van der Waals surface area contributed by atoms with E-state index in [1.54, 1.807) is 47.4 Å². The van der Waals surface area contributed by atoms with Gasteiger partial charge in [0.05, 0.1) is 30.3 Å². The molecule has 4 rings (SSSR count). The molecule has 0 aliphatic heterocycles. The minimum Gasteiger partial charge on any atom is -0.363 e. The third-order valence-corrected chi connectivity index (χ3v) is 5.38. The van der Waals surface area contributed by atoms with Gasteiger partial charge in [0.25, 0.3) is 5.91 Å². The summed E-state index contributed by atoms with van der Waals surface area (Å²) in [5, 5.41) is 30.9. The number of pyridine rings is 1. The first kappa shape index (κ1) is 24.9. The lowest BCUT2D eigenvalue weighted by Crippen LogP contribution is -2.23. The van der Waals surface area contributed by atoms with Crippen molar-refractivity contribution in [2.45, 2.75) is 19.6 Å². The van der Waals surface area contributed by atoms with Crippen molar-refractivity contribution in [2.75, 3.05) is 11.9 Å². The first-order chi connectivity index (χ1) is 17.5. The summed E-state index contributed by atoms with van der Waals surface area (Å²) in [5.74, 6) is -0.423. The van der Waals surface area contributed by atoms with Crippen LogP contribution in [0, 0.1) is 5.82 Å². The van der Waals surface area contributed by atoms with E-state index >= 15 is 0 Å². The van der Waals surface area contributed by atoms with Gasteiger partial charge in [-0.2, -0.15) is 0 Å². The van der Waals surface area contributed by atoms with Gasteiger partial charge in [-0.15, -0.1) is 5.10 Å². The molecule has 4 N–H and O–H groups in total. The van der Waals surface area contributed by atoms with E-state index in [2.05, 4.69) is 57.2 Å². The Balaban J connectivity index is 1.29. The largest absolute Gasteiger partial charge is 0.363 e. The van der Waals surface area contributed by atoms with Gasteiger partial charge in [0.15, 0.2) is 11.5 Å². The number of amidine groups is 1. The number of halogens is 2. The van der Waals surface area contributed by atoms with Crippen molar-refractivity contribution in [1.82, 2.24) is 41.1 Å². The molecule has 186 valence electrons. The van der Waals surface area contributed by atoms with Crippen LogP contribution in [-0.2, 0) is 19.6 Å². The van der Waals surface area contributed by atoms with Gasteiger partial charge in [-0.1, -0.05) is 17.3 Å². The average molecular weight is 559 g/mol. The molecule has 0 aliphatic carbocycles. The van der Waals surface area contributed by atoms with E-state index < -0.39 is 0 Å². The molecule has 3 heterocycles. The van der Waals surface area contributed by atoms with E-state index in [1.165, 1.54) is 6.07 Å². The zero-order valence-electron chi connectivity index (χ0n) is 18.6. The molecular weight excluding hydrogens is 539 g/mol. The summed E-state index contributed by atoms with van der Waals surface area (Å²) in [6, 6.07) is 9.57. The number of nitrogens with one attached hydrogen (secondary N) is 3. The number of benzene rings is 1. The highest BCUT2D eigenvalue weighted by molar-refractivity contribution is 9.10. The Bertz CT molecular complexity index is 1340. The molecule has 36 heavy (non-hydrogen) atoms. The fourth-order valence-corrected chi connectivity index (χ4v) is 3.43. The van der Waals surface area contributed by atoms with Gasteiger partial charge < -0.3 is 10.6 Å². The van der Waals surface area contributed by atoms with Gasteiger partial charge in [-0.3, -0.25) is 30.1 Å². The molecule has 13 nitrogen and oxygen atoms in total. The second kappa shape index (κ2) is 11.9. The predicted octanol–water partition coefficient (Wildman–Crippen LogP) is 1.93. The standard InChI is InChI=1S/C21H20BrFN10O3/c22-15-9-13(4-5-16(15)23)10-26-19(29-35)18-20(31-36-30-18)25-7-8-33-12-14(28-32-33)11-27-21(34)17-3-1-2-6-24-17/h1-6,9,12,35H,7-8,10-11H2,(H,25,31)(H,26,29)(H,27,34). The molecule has 0 radical (unpaired) electrons. The van der Waals surface area contributed by atoms with Crippen molar-refractivity contribution in [3.8, 4) is 0 Å². The molecule has 0 aliphatic rings. The molecule has 1 amide bonds. The molecular formula is C21H20BrFN10O3. The Labute approximate surface area is 211 Å². The third-order valence-electron chi connectivity index (χ3n) is 4.77. The topological polar surface area (TPSA) is 168 Å². The number of nitrogens with zero attached hydrogens (tertiary/aromatic N) is 7. The smallest absolute Gasteiger partial charge is 0.270 e. The summed E-state index contributed by atoms with van der Waals surface area (Å²) < 4.78 is 20.1. The van der Waals surface area contributed by atoms with Crippen molar-refractivity contribution in [1.29, 1.82) is 0 Å². The lowest BCUT2D eigenvalue weighted by atomic mass is 10.2. The van der Waals surface area contributed by atoms with Crippen molar-refractivity contribution in [3.63, 3.8) is 0 Å². The Morgan fingerprint density at radius 2 is 2.14 bits per heavy atom. The number of hydroxylamine groups is 1. The maximum absolute atomic E-state index is 13.4. The number of amides is 1. The van der Waals surface area contributed by atoms with Crippen LogP contribution >= 0.6 is 15.9 Å². The molecule has 0 saturated heterocycles. The van der Waals surface area contributed by atoms with Crippen LogP contribution in [0.1, 0.15) is 27.4 Å². The molecule has 0 saturated carbocycles. The van der Waals surface area contributed by atoms with Crippen LogP contribution in [0.2, 0.25) is 0 Å². The lowest BCUT2D eigenvalue weighted by Gasteiger charge is -2.06. The van der Waals surface area contributed by atoms with Crippen LogP contribution in [0.4, 0.5) is 10.2 Å². The van der Waals surface area contributed by atoms with Gasteiger partial charge in [0.1, 0.15) is 17.2 Å². The van der Waals surface area contributed by atoms with Crippen molar-refractivity contribution in [3.05, 3.63) is 81.7 Å². The second-order valence-electron chi connectivity index (χ2n) is 7.28. The van der Waals surface area contributed by atoms with Crippen LogP contribution in [0.25, 0.3) is 0 Å². The SMILES string of the molecule is O=C(NCc1cn(CCNc2nonc2C(=NCc2ccc(F)c(Br)c2)NO)nn1)c1ccccn1. The third kappa shape index (κ3) is 6.45. The summed E-state index contributed by atoms with van der Waals surface area (Å²) in [6.45, 7) is 1.13. The van der Waals surface area contributed by atoms with E-state index in [-0.39, 0.29) is 42.2 Å². The summed E-state index contributed by atoms with van der Waals surface area (Å²) >= 11 is 3.13. The average Bonchev–Trinajstić information content (AvgIpc) is 3.55. The number of aliphatic imine (C=N–C) groups is 1. The van der Waals surface area contributed by atoms with Crippen LogP contribution in [0.3, 0.4) is 0 Å². The van der Waals surface area contributed by atoms with E-state index in [0.717, 1.165) is 0 Å². The monoisotopic (exact) mass is 558 g/mol. The van der Waals surface area contributed by atoms with Gasteiger partial charge >= 0.3 is 0 Å². The Hall–Kier alpha value is -4.24. The Morgan fingerprint density at radius 3 is 2.92 bits per heavy atom.